The average molecular weight is 303 g/mol. The van der Waals surface area contributed by atoms with Crippen LogP contribution >= 0.6 is 11.6 Å². The third-order valence-corrected chi connectivity index (χ3v) is 4.23. The first-order valence-corrected chi connectivity index (χ1v) is 7.63. The second-order valence-electron chi connectivity index (χ2n) is 5.67. The Balaban J connectivity index is 2.27. The van der Waals surface area contributed by atoms with Gasteiger partial charge in [-0.05, 0) is 43.7 Å². The molecule has 0 saturated heterocycles. The molecule has 2 aromatic rings. The Kier molecular flexibility index (Phi) is 5.40. The number of aryl methyl sites for hydroxylation is 1. The zero-order chi connectivity index (χ0) is 15.4. The highest BCUT2D eigenvalue weighted by atomic mass is 35.5. The van der Waals surface area contributed by atoms with Gasteiger partial charge >= 0.3 is 0 Å². The minimum absolute atomic E-state index is 0.0404. The molecule has 112 valence electrons. The number of hydrogen-bond acceptors (Lipinski definition) is 2. The number of likely N-dealkylation sites (N-methyl/N-ethyl adjacent to an activating group) is 1. The van der Waals surface area contributed by atoms with Gasteiger partial charge in [0.15, 0.2) is 0 Å². The smallest absolute Gasteiger partial charge is 0.0499 e. The number of halogens is 1. The van der Waals surface area contributed by atoms with Crippen molar-refractivity contribution in [2.45, 2.75) is 32.5 Å². The van der Waals surface area contributed by atoms with E-state index >= 15 is 0 Å². The number of benzene rings is 2. The summed E-state index contributed by atoms with van der Waals surface area (Å²) in [6.45, 7) is 4.97. The molecule has 2 N–H and O–H groups in total. The summed E-state index contributed by atoms with van der Waals surface area (Å²) in [5, 5.41) is 0.803. The zero-order valence-corrected chi connectivity index (χ0v) is 13.6. The van der Waals surface area contributed by atoms with Crippen LogP contribution in [0.4, 0.5) is 0 Å². The number of nitrogens with two attached hydrogens (primary N) is 1. The molecule has 0 bridgehead atoms. The van der Waals surface area contributed by atoms with Crippen LogP contribution in [0.25, 0.3) is 0 Å². The fourth-order valence-corrected chi connectivity index (χ4v) is 3.03. The second kappa shape index (κ2) is 7.08. The lowest BCUT2D eigenvalue weighted by molar-refractivity contribution is 0.210. The average Bonchev–Trinajstić information content (AvgIpc) is 2.43. The molecule has 0 aliphatic heterocycles. The first-order valence-electron chi connectivity index (χ1n) is 7.25. The highest BCUT2D eigenvalue weighted by molar-refractivity contribution is 6.31. The molecular weight excluding hydrogens is 280 g/mol. The van der Waals surface area contributed by atoms with E-state index in [1.165, 1.54) is 11.1 Å². The highest BCUT2D eigenvalue weighted by Crippen LogP contribution is 2.28. The lowest BCUT2D eigenvalue weighted by Crippen LogP contribution is -2.37. The van der Waals surface area contributed by atoms with Gasteiger partial charge in [-0.1, -0.05) is 54.1 Å². The van der Waals surface area contributed by atoms with Gasteiger partial charge in [0.05, 0.1) is 0 Å². The monoisotopic (exact) mass is 302 g/mol. The summed E-state index contributed by atoms with van der Waals surface area (Å²) in [6.07, 6.45) is 0. The van der Waals surface area contributed by atoms with E-state index in [0.29, 0.717) is 0 Å². The van der Waals surface area contributed by atoms with Gasteiger partial charge in [-0.2, -0.15) is 0 Å². The first kappa shape index (κ1) is 16.0. The SMILES string of the molecule is Cc1ccccc1C(C(C)N)N(C)Cc1ccccc1Cl. The summed E-state index contributed by atoms with van der Waals surface area (Å²) in [5.41, 5.74) is 9.93. The molecule has 2 unspecified atom stereocenters. The highest BCUT2D eigenvalue weighted by Gasteiger charge is 2.23. The Morgan fingerprint density at radius 2 is 1.71 bits per heavy atom. The van der Waals surface area contributed by atoms with Crippen LogP contribution in [0.2, 0.25) is 5.02 Å². The van der Waals surface area contributed by atoms with Crippen molar-refractivity contribution >= 4 is 11.6 Å². The molecule has 21 heavy (non-hydrogen) atoms. The molecule has 0 saturated carbocycles. The summed E-state index contributed by atoms with van der Waals surface area (Å²) >= 11 is 6.27. The Bertz CT molecular complexity index is 595. The molecule has 0 spiro atoms. The summed E-state index contributed by atoms with van der Waals surface area (Å²) in [7, 11) is 2.10. The number of nitrogens with zero attached hydrogens (tertiary/aromatic N) is 1. The Hall–Kier alpha value is -1.35. The predicted molar refractivity (Wildman–Crippen MR) is 90.5 cm³/mol. The summed E-state index contributed by atoms with van der Waals surface area (Å²) in [6, 6.07) is 16.6. The van der Waals surface area contributed by atoms with Gasteiger partial charge in [0.1, 0.15) is 0 Å². The van der Waals surface area contributed by atoms with Crippen LogP contribution in [0.3, 0.4) is 0 Å². The fourth-order valence-electron chi connectivity index (χ4n) is 2.83. The number of rotatable bonds is 5. The number of hydrogen-bond donors (Lipinski definition) is 1. The van der Waals surface area contributed by atoms with E-state index < -0.39 is 0 Å². The minimum atomic E-state index is 0.0404. The van der Waals surface area contributed by atoms with Gasteiger partial charge < -0.3 is 5.73 Å². The van der Waals surface area contributed by atoms with Crippen molar-refractivity contribution < 1.29 is 0 Å². The first-order chi connectivity index (χ1) is 10.0. The van der Waals surface area contributed by atoms with Gasteiger partial charge in [-0.25, -0.2) is 0 Å². The van der Waals surface area contributed by atoms with Crippen molar-refractivity contribution in [2.24, 2.45) is 5.73 Å². The van der Waals surface area contributed by atoms with Crippen LogP contribution in [0.15, 0.2) is 48.5 Å². The molecule has 0 aliphatic rings. The summed E-state index contributed by atoms with van der Waals surface area (Å²) < 4.78 is 0. The van der Waals surface area contributed by atoms with Gasteiger partial charge in [0.25, 0.3) is 0 Å². The molecule has 0 amide bonds. The van der Waals surface area contributed by atoms with Gasteiger partial charge in [0.2, 0.25) is 0 Å². The third-order valence-electron chi connectivity index (χ3n) is 3.86. The van der Waals surface area contributed by atoms with Crippen LogP contribution < -0.4 is 5.73 Å². The predicted octanol–water partition coefficient (Wildman–Crippen LogP) is 4.17. The fraction of sp³-hybridized carbons (Fsp3) is 0.333. The van der Waals surface area contributed by atoms with E-state index in [9.17, 15) is 0 Å². The van der Waals surface area contributed by atoms with Crippen molar-refractivity contribution in [3.05, 3.63) is 70.2 Å². The molecule has 0 fully saturated rings. The molecule has 2 nitrogen and oxygen atoms in total. The molecule has 2 atom stereocenters. The van der Waals surface area contributed by atoms with E-state index in [0.717, 1.165) is 17.1 Å². The molecule has 3 heteroatoms. The topological polar surface area (TPSA) is 29.3 Å². The quantitative estimate of drug-likeness (QED) is 0.898. The molecule has 0 aromatic heterocycles. The van der Waals surface area contributed by atoms with E-state index in [4.69, 9.17) is 17.3 Å². The van der Waals surface area contributed by atoms with Crippen LogP contribution in [0.5, 0.6) is 0 Å². The Labute approximate surface area is 132 Å². The van der Waals surface area contributed by atoms with Gasteiger partial charge in [0, 0.05) is 23.7 Å². The van der Waals surface area contributed by atoms with E-state index in [1.807, 2.05) is 18.2 Å². The Morgan fingerprint density at radius 1 is 1.10 bits per heavy atom. The van der Waals surface area contributed by atoms with Gasteiger partial charge in [-0.15, -0.1) is 0 Å². The van der Waals surface area contributed by atoms with E-state index in [2.05, 4.69) is 56.1 Å². The van der Waals surface area contributed by atoms with Crippen LogP contribution in [-0.4, -0.2) is 18.0 Å². The van der Waals surface area contributed by atoms with Crippen LogP contribution in [-0.2, 0) is 6.54 Å². The maximum atomic E-state index is 6.27. The molecule has 2 aromatic carbocycles. The second-order valence-corrected chi connectivity index (χ2v) is 6.07. The Morgan fingerprint density at radius 3 is 2.33 bits per heavy atom. The zero-order valence-electron chi connectivity index (χ0n) is 12.9. The lowest BCUT2D eigenvalue weighted by atomic mass is 9.95. The molecular formula is C18H23ClN2. The van der Waals surface area contributed by atoms with E-state index in [1.54, 1.807) is 0 Å². The standard InChI is InChI=1S/C18H23ClN2/c1-13-8-4-6-10-16(13)18(14(2)20)21(3)12-15-9-5-7-11-17(15)19/h4-11,14,18H,12,20H2,1-3H3. The van der Waals surface area contributed by atoms with Gasteiger partial charge in [-0.3, -0.25) is 4.90 Å². The third kappa shape index (κ3) is 3.85. The summed E-state index contributed by atoms with van der Waals surface area (Å²) in [4.78, 5) is 2.27. The van der Waals surface area contributed by atoms with Crippen molar-refractivity contribution in [1.82, 2.24) is 4.90 Å². The van der Waals surface area contributed by atoms with Crippen molar-refractivity contribution in [3.63, 3.8) is 0 Å². The molecule has 2 rings (SSSR count). The maximum Gasteiger partial charge on any atom is 0.0499 e. The molecule has 0 heterocycles. The van der Waals surface area contributed by atoms with Crippen molar-refractivity contribution in [1.29, 1.82) is 0 Å². The van der Waals surface area contributed by atoms with E-state index in [-0.39, 0.29) is 12.1 Å². The van der Waals surface area contributed by atoms with Crippen molar-refractivity contribution in [2.75, 3.05) is 7.05 Å². The van der Waals surface area contributed by atoms with Crippen LogP contribution in [0.1, 0.15) is 29.7 Å². The van der Waals surface area contributed by atoms with Crippen LogP contribution in [0, 0.1) is 6.92 Å². The molecule has 0 aliphatic carbocycles. The lowest BCUT2D eigenvalue weighted by Gasteiger charge is -2.32. The minimum Gasteiger partial charge on any atom is -0.326 e. The largest absolute Gasteiger partial charge is 0.326 e. The maximum absolute atomic E-state index is 6.27. The summed E-state index contributed by atoms with van der Waals surface area (Å²) in [5.74, 6) is 0. The van der Waals surface area contributed by atoms with Crippen molar-refractivity contribution in [3.8, 4) is 0 Å². The molecule has 0 radical (unpaired) electrons. The normalized spacial score (nSPS) is 14.2.